The van der Waals surface area contributed by atoms with Crippen molar-refractivity contribution in [1.29, 1.82) is 5.26 Å². The number of allylic oxidation sites excluding steroid dienone is 1. The number of nitriles is 1. The summed E-state index contributed by atoms with van der Waals surface area (Å²) in [7, 11) is 0. The molecule has 2 aromatic carbocycles. The van der Waals surface area contributed by atoms with Gasteiger partial charge >= 0.3 is 5.97 Å². The van der Waals surface area contributed by atoms with Crippen molar-refractivity contribution in [2.75, 3.05) is 17.7 Å². The van der Waals surface area contributed by atoms with Gasteiger partial charge in [0.05, 0.1) is 52.5 Å². The standard InChI is InChI=1S/C29H27N3O4S/c1-4-35-29(34)26-25(23-11-8-14-36-23)22(16-30)28(32-27(26)20-9-6-5-7-10-20)37-17-24(33)31-21-13-12-18(2)19(3)15-21/h5-15,25,32H,4,17H2,1-3H3,(H,31,33)/t25-/m1/s1. The molecule has 188 valence electrons. The largest absolute Gasteiger partial charge is 0.468 e. The number of furan rings is 1. The summed E-state index contributed by atoms with van der Waals surface area (Å²) in [6.07, 6.45) is 1.50. The zero-order valence-electron chi connectivity index (χ0n) is 20.8. The molecule has 0 bridgehead atoms. The zero-order valence-corrected chi connectivity index (χ0v) is 21.6. The number of thioether (sulfide) groups is 1. The summed E-state index contributed by atoms with van der Waals surface area (Å²) in [6.45, 7) is 5.92. The molecular weight excluding hydrogens is 486 g/mol. The van der Waals surface area contributed by atoms with Gasteiger partial charge in [0.2, 0.25) is 5.91 Å². The van der Waals surface area contributed by atoms with Gasteiger partial charge in [-0.25, -0.2) is 4.79 Å². The second-order valence-corrected chi connectivity index (χ2v) is 9.42. The van der Waals surface area contributed by atoms with E-state index in [1.54, 1.807) is 19.1 Å². The third-order valence-corrected chi connectivity index (χ3v) is 6.99. The molecule has 0 saturated heterocycles. The lowest BCUT2D eigenvalue weighted by atomic mass is 9.84. The van der Waals surface area contributed by atoms with Crippen LogP contribution in [0.3, 0.4) is 0 Å². The number of amides is 1. The molecule has 1 aliphatic rings. The molecular formula is C29H27N3O4S. The van der Waals surface area contributed by atoms with Crippen LogP contribution in [-0.2, 0) is 14.3 Å². The van der Waals surface area contributed by atoms with E-state index in [2.05, 4.69) is 16.7 Å². The summed E-state index contributed by atoms with van der Waals surface area (Å²) >= 11 is 1.20. The van der Waals surface area contributed by atoms with Gasteiger partial charge in [0.1, 0.15) is 5.76 Å². The number of carbonyl (C=O) groups excluding carboxylic acids is 2. The van der Waals surface area contributed by atoms with E-state index in [1.165, 1.54) is 18.0 Å². The summed E-state index contributed by atoms with van der Waals surface area (Å²) in [6, 6.07) is 20.8. The number of hydrogen-bond donors (Lipinski definition) is 2. The number of rotatable bonds is 8. The fourth-order valence-electron chi connectivity index (χ4n) is 4.05. The Hall–Kier alpha value is -4.22. The van der Waals surface area contributed by atoms with Crippen molar-refractivity contribution >= 4 is 35.0 Å². The highest BCUT2D eigenvalue weighted by atomic mass is 32.2. The third-order valence-electron chi connectivity index (χ3n) is 5.97. The van der Waals surface area contributed by atoms with Gasteiger partial charge in [-0.15, -0.1) is 0 Å². The first-order valence-corrected chi connectivity index (χ1v) is 12.8. The highest BCUT2D eigenvalue weighted by Gasteiger charge is 2.38. The van der Waals surface area contributed by atoms with E-state index in [-0.39, 0.29) is 29.4 Å². The first kappa shape index (κ1) is 25.9. The molecule has 7 nitrogen and oxygen atoms in total. The van der Waals surface area contributed by atoms with Crippen LogP contribution in [0.25, 0.3) is 5.70 Å². The van der Waals surface area contributed by atoms with Gasteiger partial charge < -0.3 is 19.8 Å². The minimum absolute atomic E-state index is 0.0577. The molecule has 1 amide bonds. The van der Waals surface area contributed by atoms with Gasteiger partial charge in [-0.3, -0.25) is 4.79 Å². The number of anilines is 1. The van der Waals surface area contributed by atoms with E-state index in [1.807, 2.05) is 62.4 Å². The molecule has 0 aliphatic carbocycles. The Labute approximate surface area is 220 Å². The number of carbonyl (C=O) groups is 2. The third kappa shape index (κ3) is 5.79. The lowest BCUT2D eigenvalue weighted by Crippen LogP contribution is -2.29. The molecule has 1 aromatic heterocycles. The van der Waals surface area contributed by atoms with Crippen LogP contribution in [0.2, 0.25) is 0 Å². The maximum absolute atomic E-state index is 13.2. The lowest BCUT2D eigenvalue weighted by molar-refractivity contribution is -0.138. The van der Waals surface area contributed by atoms with E-state index in [9.17, 15) is 14.9 Å². The first-order chi connectivity index (χ1) is 17.9. The molecule has 0 fully saturated rings. The minimum Gasteiger partial charge on any atom is -0.468 e. The maximum Gasteiger partial charge on any atom is 0.337 e. The van der Waals surface area contributed by atoms with Crippen molar-refractivity contribution in [2.45, 2.75) is 26.7 Å². The van der Waals surface area contributed by atoms with Crippen molar-refractivity contribution in [3.8, 4) is 6.07 Å². The Morgan fingerprint density at radius 3 is 2.54 bits per heavy atom. The van der Waals surface area contributed by atoms with Crippen LogP contribution in [0.5, 0.6) is 0 Å². The van der Waals surface area contributed by atoms with Crippen LogP contribution in [0.1, 0.15) is 35.3 Å². The smallest absolute Gasteiger partial charge is 0.337 e. The van der Waals surface area contributed by atoms with Crippen LogP contribution in [0.15, 0.2) is 87.5 Å². The Kier molecular flexibility index (Phi) is 8.16. The van der Waals surface area contributed by atoms with Crippen molar-refractivity contribution in [2.24, 2.45) is 0 Å². The number of benzene rings is 2. The number of nitrogens with zero attached hydrogens (tertiary/aromatic N) is 1. The van der Waals surface area contributed by atoms with Crippen molar-refractivity contribution in [3.63, 3.8) is 0 Å². The summed E-state index contributed by atoms with van der Waals surface area (Å²) < 4.78 is 11.1. The Bertz CT molecular complexity index is 1400. The summed E-state index contributed by atoms with van der Waals surface area (Å²) in [5, 5.41) is 16.8. The highest BCUT2D eigenvalue weighted by Crippen LogP contribution is 2.43. The van der Waals surface area contributed by atoms with E-state index in [0.29, 0.717) is 22.2 Å². The molecule has 37 heavy (non-hydrogen) atoms. The minimum atomic E-state index is -0.791. The van der Waals surface area contributed by atoms with E-state index in [0.717, 1.165) is 16.7 Å². The molecule has 2 N–H and O–H groups in total. The number of nitrogens with one attached hydrogen (secondary N) is 2. The molecule has 1 atom stereocenters. The Balaban J connectivity index is 1.69. The van der Waals surface area contributed by atoms with Gasteiger partial charge in [0.25, 0.3) is 0 Å². The summed E-state index contributed by atoms with van der Waals surface area (Å²) in [5.41, 5.74) is 4.75. The topological polar surface area (TPSA) is 104 Å². The Morgan fingerprint density at radius 1 is 1.11 bits per heavy atom. The van der Waals surface area contributed by atoms with E-state index >= 15 is 0 Å². The zero-order chi connectivity index (χ0) is 26.4. The molecule has 0 unspecified atom stereocenters. The molecule has 1 aliphatic heterocycles. The van der Waals surface area contributed by atoms with Crippen LogP contribution >= 0.6 is 11.8 Å². The molecule has 0 radical (unpaired) electrons. The van der Waals surface area contributed by atoms with Gasteiger partial charge in [-0.1, -0.05) is 48.2 Å². The van der Waals surface area contributed by atoms with Crippen molar-refractivity contribution in [1.82, 2.24) is 5.32 Å². The van der Waals surface area contributed by atoms with Crippen LogP contribution in [0.4, 0.5) is 5.69 Å². The number of aryl methyl sites for hydroxylation is 2. The van der Waals surface area contributed by atoms with Crippen LogP contribution in [0, 0.1) is 25.2 Å². The normalized spacial score (nSPS) is 15.1. The second kappa shape index (κ2) is 11.7. The van der Waals surface area contributed by atoms with Gasteiger partial charge in [-0.2, -0.15) is 5.26 Å². The first-order valence-electron chi connectivity index (χ1n) is 11.8. The van der Waals surface area contributed by atoms with Gasteiger partial charge in [0, 0.05) is 5.69 Å². The number of dihydropyridines is 1. The molecule has 3 aromatic rings. The predicted octanol–water partition coefficient (Wildman–Crippen LogP) is 5.66. The number of ether oxygens (including phenoxy) is 1. The second-order valence-electron chi connectivity index (χ2n) is 8.44. The fourth-order valence-corrected chi connectivity index (χ4v) is 4.89. The van der Waals surface area contributed by atoms with Crippen molar-refractivity contribution < 1.29 is 18.7 Å². The van der Waals surface area contributed by atoms with Crippen LogP contribution < -0.4 is 10.6 Å². The Morgan fingerprint density at radius 2 is 1.89 bits per heavy atom. The predicted molar refractivity (Wildman–Crippen MR) is 144 cm³/mol. The molecule has 2 heterocycles. The molecule has 0 saturated carbocycles. The maximum atomic E-state index is 13.2. The molecule has 0 spiro atoms. The summed E-state index contributed by atoms with van der Waals surface area (Å²) in [5.74, 6) is -1.05. The summed E-state index contributed by atoms with van der Waals surface area (Å²) in [4.78, 5) is 26.0. The van der Waals surface area contributed by atoms with Crippen LogP contribution in [-0.4, -0.2) is 24.2 Å². The van der Waals surface area contributed by atoms with E-state index < -0.39 is 11.9 Å². The SMILES string of the molecule is CCOC(=O)C1=C(c2ccccc2)NC(SCC(=O)Nc2ccc(C)c(C)c2)=C(C#N)[C@@H]1c1ccco1. The quantitative estimate of drug-likeness (QED) is 0.374. The average Bonchev–Trinajstić information content (AvgIpc) is 3.44. The van der Waals surface area contributed by atoms with E-state index in [4.69, 9.17) is 9.15 Å². The highest BCUT2D eigenvalue weighted by molar-refractivity contribution is 8.03. The number of hydrogen-bond acceptors (Lipinski definition) is 7. The number of esters is 1. The van der Waals surface area contributed by atoms with Gasteiger partial charge in [0.15, 0.2) is 0 Å². The molecule has 4 rings (SSSR count). The monoisotopic (exact) mass is 513 g/mol. The lowest BCUT2D eigenvalue weighted by Gasteiger charge is -2.29. The van der Waals surface area contributed by atoms with Gasteiger partial charge in [-0.05, 0) is 61.7 Å². The van der Waals surface area contributed by atoms with Crippen molar-refractivity contribution in [3.05, 3.63) is 106 Å². The average molecular weight is 514 g/mol. The fraction of sp³-hybridized carbons (Fsp3) is 0.207. The molecule has 8 heteroatoms.